The minimum atomic E-state index is -0.238. The second-order valence-electron chi connectivity index (χ2n) is 5.98. The van der Waals surface area contributed by atoms with E-state index in [0.717, 1.165) is 37.9 Å². The number of unbranched alkanes of at least 4 members (excludes halogenated alkanes) is 2. The monoisotopic (exact) mass is 322 g/mol. The molecule has 1 aromatic rings. The smallest absolute Gasteiger partial charge is 0.220 e. The minimum Gasteiger partial charge on any atom is -0.379 e. The molecule has 1 fully saturated rings. The molecule has 0 saturated carbocycles. The molecule has 1 aliphatic heterocycles. The van der Waals surface area contributed by atoms with Crippen LogP contribution in [0.1, 0.15) is 44.2 Å². The number of rotatable bonds is 8. The van der Waals surface area contributed by atoms with Crippen LogP contribution < -0.4 is 5.32 Å². The molecule has 1 heterocycles. The first-order chi connectivity index (χ1) is 11.2. The van der Waals surface area contributed by atoms with Gasteiger partial charge in [0.15, 0.2) is 0 Å². The Labute approximate surface area is 138 Å². The number of benzene rings is 1. The summed E-state index contributed by atoms with van der Waals surface area (Å²) >= 11 is 0. The lowest BCUT2D eigenvalue weighted by Gasteiger charge is -2.35. The molecular weight excluding hydrogens is 295 g/mol. The normalized spacial score (nSPS) is 17.0. The largest absolute Gasteiger partial charge is 0.379 e. The number of ether oxygens (including phenoxy) is 1. The molecule has 1 atom stereocenters. The van der Waals surface area contributed by atoms with E-state index >= 15 is 0 Å². The molecule has 2 rings (SSSR count). The number of hydrogen-bond acceptors (Lipinski definition) is 3. The van der Waals surface area contributed by atoms with E-state index in [4.69, 9.17) is 4.74 Å². The van der Waals surface area contributed by atoms with E-state index in [1.54, 1.807) is 12.1 Å². The van der Waals surface area contributed by atoms with Crippen LogP contribution in [0.4, 0.5) is 4.39 Å². The average Bonchev–Trinajstić information content (AvgIpc) is 2.58. The third-order valence-electron chi connectivity index (χ3n) is 4.24. The van der Waals surface area contributed by atoms with Gasteiger partial charge in [-0.05, 0) is 24.1 Å². The van der Waals surface area contributed by atoms with Crippen LogP contribution in [0.15, 0.2) is 24.3 Å². The van der Waals surface area contributed by atoms with Gasteiger partial charge in [-0.15, -0.1) is 0 Å². The first kappa shape index (κ1) is 17.9. The summed E-state index contributed by atoms with van der Waals surface area (Å²) in [5.74, 6) is -0.142. The molecule has 4 nitrogen and oxygen atoms in total. The Hall–Kier alpha value is -1.46. The number of carbonyl (C=O) groups excluding carboxylic acids is 1. The number of nitrogens with one attached hydrogen (secondary N) is 1. The highest BCUT2D eigenvalue weighted by Crippen LogP contribution is 2.21. The number of amides is 1. The van der Waals surface area contributed by atoms with Crippen molar-refractivity contribution in [2.24, 2.45) is 0 Å². The zero-order chi connectivity index (χ0) is 16.5. The van der Waals surface area contributed by atoms with Gasteiger partial charge in [-0.2, -0.15) is 0 Å². The second-order valence-corrected chi connectivity index (χ2v) is 5.98. The Balaban J connectivity index is 1.95. The third-order valence-corrected chi connectivity index (χ3v) is 4.24. The van der Waals surface area contributed by atoms with E-state index in [2.05, 4.69) is 17.1 Å². The molecular formula is C18H27FN2O2. The van der Waals surface area contributed by atoms with Gasteiger partial charge in [0.25, 0.3) is 0 Å². The zero-order valence-electron chi connectivity index (χ0n) is 13.9. The average molecular weight is 322 g/mol. The van der Waals surface area contributed by atoms with Crippen LogP contribution in [0.25, 0.3) is 0 Å². The molecule has 128 valence electrons. The molecule has 1 N–H and O–H groups in total. The molecule has 0 radical (unpaired) electrons. The Bertz CT molecular complexity index is 472. The summed E-state index contributed by atoms with van der Waals surface area (Å²) in [4.78, 5) is 14.3. The number of halogens is 1. The standard InChI is InChI=1S/C18H27FN2O2/c1-2-3-4-5-18(22)20-14-17(21-10-12-23-13-11-21)15-6-8-16(19)9-7-15/h6-9,17H,2-5,10-14H2,1H3,(H,20,22). The SMILES string of the molecule is CCCCCC(=O)NCC(c1ccc(F)cc1)N1CCOCC1. The van der Waals surface area contributed by atoms with E-state index in [1.807, 2.05) is 0 Å². The number of nitrogens with zero attached hydrogens (tertiary/aromatic N) is 1. The van der Waals surface area contributed by atoms with Crippen molar-refractivity contribution in [1.82, 2.24) is 10.2 Å². The molecule has 1 unspecified atom stereocenters. The van der Waals surface area contributed by atoms with Crippen LogP contribution in [0.3, 0.4) is 0 Å². The molecule has 0 spiro atoms. The van der Waals surface area contributed by atoms with Crippen molar-refractivity contribution in [3.63, 3.8) is 0 Å². The van der Waals surface area contributed by atoms with Crippen molar-refractivity contribution < 1.29 is 13.9 Å². The molecule has 5 heteroatoms. The predicted molar refractivity (Wildman–Crippen MR) is 88.7 cm³/mol. The maximum Gasteiger partial charge on any atom is 0.220 e. The highest BCUT2D eigenvalue weighted by atomic mass is 19.1. The first-order valence-electron chi connectivity index (χ1n) is 8.54. The van der Waals surface area contributed by atoms with Gasteiger partial charge in [0.1, 0.15) is 5.82 Å². The van der Waals surface area contributed by atoms with Crippen molar-refractivity contribution in [3.05, 3.63) is 35.6 Å². The summed E-state index contributed by atoms with van der Waals surface area (Å²) < 4.78 is 18.6. The molecule has 0 aliphatic carbocycles. The number of hydrogen-bond donors (Lipinski definition) is 1. The fraction of sp³-hybridized carbons (Fsp3) is 0.611. The molecule has 1 saturated heterocycles. The first-order valence-corrected chi connectivity index (χ1v) is 8.54. The van der Waals surface area contributed by atoms with Crippen molar-refractivity contribution in [1.29, 1.82) is 0 Å². The molecule has 1 amide bonds. The van der Waals surface area contributed by atoms with E-state index < -0.39 is 0 Å². The molecule has 23 heavy (non-hydrogen) atoms. The quantitative estimate of drug-likeness (QED) is 0.748. The fourth-order valence-corrected chi connectivity index (χ4v) is 2.87. The zero-order valence-corrected chi connectivity index (χ0v) is 13.9. The van der Waals surface area contributed by atoms with Gasteiger partial charge in [0, 0.05) is 26.1 Å². The Kier molecular flexibility index (Phi) is 7.49. The maximum absolute atomic E-state index is 13.2. The summed E-state index contributed by atoms with van der Waals surface area (Å²) in [6.07, 6.45) is 3.70. The topological polar surface area (TPSA) is 41.6 Å². The minimum absolute atomic E-state index is 0.0645. The lowest BCUT2D eigenvalue weighted by atomic mass is 10.0. The molecule has 0 bridgehead atoms. The second kappa shape index (κ2) is 9.63. The fourth-order valence-electron chi connectivity index (χ4n) is 2.87. The summed E-state index contributed by atoms with van der Waals surface area (Å²) in [6.45, 7) is 5.73. The Morgan fingerprint density at radius 1 is 1.26 bits per heavy atom. The van der Waals surface area contributed by atoms with Gasteiger partial charge in [0.05, 0.1) is 19.3 Å². The van der Waals surface area contributed by atoms with Crippen molar-refractivity contribution in [2.75, 3.05) is 32.8 Å². The van der Waals surface area contributed by atoms with Crippen LogP contribution in [0, 0.1) is 5.82 Å². The van der Waals surface area contributed by atoms with Crippen molar-refractivity contribution in [2.45, 2.75) is 38.6 Å². The van der Waals surface area contributed by atoms with E-state index in [9.17, 15) is 9.18 Å². The van der Waals surface area contributed by atoms with Gasteiger partial charge in [-0.25, -0.2) is 4.39 Å². The predicted octanol–water partition coefficient (Wildman–Crippen LogP) is 2.90. The Morgan fingerprint density at radius 3 is 2.61 bits per heavy atom. The van der Waals surface area contributed by atoms with E-state index in [1.165, 1.54) is 12.1 Å². The van der Waals surface area contributed by atoms with Crippen LogP contribution in [-0.4, -0.2) is 43.7 Å². The highest BCUT2D eigenvalue weighted by Gasteiger charge is 2.23. The molecule has 1 aliphatic rings. The third kappa shape index (κ3) is 5.92. The van der Waals surface area contributed by atoms with Crippen molar-refractivity contribution >= 4 is 5.91 Å². The number of carbonyl (C=O) groups is 1. The van der Waals surface area contributed by atoms with Gasteiger partial charge >= 0.3 is 0 Å². The number of morpholine rings is 1. The van der Waals surface area contributed by atoms with E-state index in [0.29, 0.717) is 26.2 Å². The lowest BCUT2D eigenvalue weighted by molar-refractivity contribution is -0.121. The highest BCUT2D eigenvalue weighted by molar-refractivity contribution is 5.75. The molecule has 1 aromatic carbocycles. The summed E-state index contributed by atoms with van der Waals surface area (Å²) in [6, 6.07) is 6.63. The summed E-state index contributed by atoms with van der Waals surface area (Å²) in [5, 5.41) is 3.04. The van der Waals surface area contributed by atoms with Crippen LogP contribution in [-0.2, 0) is 9.53 Å². The van der Waals surface area contributed by atoms with Gasteiger partial charge in [-0.3, -0.25) is 9.69 Å². The lowest BCUT2D eigenvalue weighted by Crippen LogP contribution is -2.43. The molecule has 0 aromatic heterocycles. The van der Waals surface area contributed by atoms with Crippen molar-refractivity contribution in [3.8, 4) is 0 Å². The van der Waals surface area contributed by atoms with Crippen LogP contribution in [0.2, 0.25) is 0 Å². The van der Waals surface area contributed by atoms with E-state index in [-0.39, 0.29) is 17.8 Å². The summed E-state index contributed by atoms with van der Waals surface area (Å²) in [5.41, 5.74) is 1.03. The van der Waals surface area contributed by atoms with Crippen LogP contribution in [0.5, 0.6) is 0 Å². The van der Waals surface area contributed by atoms with Gasteiger partial charge in [0.2, 0.25) is 5.91 Å². The maximum atomic E-state index is 13.2. The van der Waals surface area contributed by atoms with Gasteiger partial charge < -0.3 is 10.1 Å². The summed E-state index contributed by atoms with van der Waals surface area (Å²) in [7, 11) is 0. The van der Waals surface area contributed by atoms with Crippen LogP contribution >= 0.6 is 0 Å². The van der Waals surface area contributed by atoms with Gasteiger partial charge in [-0.1, -0.05) is 31.9 Å². The Morgan fingerprint density at radius 2 is 1.96 bits per heavy atom.